The zero-order valence-electron chi connectivity index (χ0n) is 23.3. The number of benzene rings is 6. The number of thiophene rings is 1. The molecule has 0 saturated heterocycles. The van der Waals surface area contributed by atoms with Crippen LogP contribution in [0.15, 0.2) is 140 Å². The van der Waals surface area contributed by atoms with Crippen molar-refractivity contribution in [3.05, 3.63) is 151 Å². The first-order valence-electron chi connectivity index (χ1n) is 14.0. The summed E-state index contributed by atoms with van der Waals surface area (Å²) >= 11 is 1.82. The lowest BCUT2D eigenvalue weighted by Crippen LogP contribution is -2.10. The van der Waals surface area contributed by atoms with Crippen LogP contribution >= 0.6 is 11.3 Å². The third-order valence-corrected chi connectivity index (χ3v) is 8.75. The second kappa shape index (κ2) is 11.4. The van der Waals surface area contributed by atoms with Crippen molar-refractivity contribution in [1.29, 1.82) is 5.26 Å². The zero-order valence-corrected chi connectivity index (χ0v) is 24.1. The van der Waals surface area contributed by atoms with Crippen molar-refractivity contribution >= 4 is 54.3 Å². The molecule has 7 rings (SSSR count). The van der Waals surface area contributed by atoms with Crippen LogP contribution in [0.5, 0.6) is 5.75 Å². The van der Waals surface area contributed by atoms with E-state index in [1.54, 1.807) is 0 Å². The molecular formula is C38H27N3OS. The molecular weight excluding hydrogens is 547 g/mol. The predicted octanol–water partition coefficient (Wildman–Crippen LogP) is 10.2. The molecule has 2 N–H and O–H groups in total. The van der Waals surface area contributed by atoms with Gasteiger partial charge in [0.1, 0.15) is 12.4 Å². The van der Waals surface area contributed by atoms with E-state index >= 15 is 0 Å². The van der Waals surface area contributed by atoms with E-state index in [2.05, 4.69) is 102 Å². The average Bonchev–Trinajstić information content (AvgIpc) is 3.44. The highest BCUT2D eigenvalue weighted by atomic mass is 32.1. The molecule has 0 saturated carbocycles. The van der Waals surface area contributed by atoms with Gasteiger partial charge in [0.05, 0.1) is 17.3 Å². The highest BCUT2D eigenvalue weighted by Gasteiger charge is 2.15. The van der Waals surface area contributed by atoms with Gasteiger partial charge < -0.3 is 15.4 Å². The molecule has 4 nitrogen and oxygen atoms in total. The van der Waals surface area contributed by atoms with E-state index in [1.807, 2.05) is 59.9 Å². The van der Waals surface area contributed by atoms with E-state index in [9.17, 15) is 0 Å². The van der Waals surface area contributed by atoms with Gasteiger partial charge in [0, 0.05) is 37.2 Å². The molecule has 1 heterocycles. The Labute approximate surface area is 254 Å². The quantitative estimate of drug-likeness (QED) is 0.193. The van der Waals surface area contributed by atoms with Gasteiger partial charge in [-0.15, -0.1) is 11.3 Å². The number of hydrogen-bond acceptors (Lipinski definition) is 5. The Morgan fingerprint density at radius 3 is 1.95 bits per heavy atom. The summed E-state index contributed by atoms with van der Waals surface area (Å²) in [5.41, 5.74) is 13.8. The lowest BCUT2D eigenvalue weighted by molar-refractivity contribution is 0.308. The maximum Gasteiger partial charge on any atom is 0.142 e. The van der Waals surface area contributed by atoms with Crippen LogP contribution in [0.25, 0.3) is 31.3 Å². The normalized spacial score (nSPS) is 11.0. The first kappa shape index (κ1) is 26.3. The SMILES string of the molecule is N#Cc1ccc(-c2ccc(N(c3ccc(COc4ccccc4N)cc3)c3ccc4sc5ccccc5c4c3)cc2)cc1. The largest absolute Gasteiger partial charge is 0.487 e. The van der Waals surface area contributed by atoms with E-state index < -0.39 is 0 Å². The fourth-order valence-corrected chi connectivity index (χ4v) is 6.44. The van der Waals surface area contributed by atoms with Crippen molar-refractivity contribution in [3.8, 4) is 22.9 Å². The van der Waals surface area contributed by atoms with Crippen LogP contribution in [0.3, 0.4) is 0 Å². The predicted molar refractivity (Wildman–Crippen MR) is 179 cm³/mol. The summed E-state index contributed by atoms with van der Waals surface area (Å²) in [5, 5.41) is 11.7. The van der Waals surface area contributed by atoms with E-state index in [1.165, 1.54) is 20.2 Å². The fourth-order valence-electron chi connectivity index (χ4n) is 5.35. The molecule has 0 fully saturated rings. The second-order valence-electron chi connectivity index (χ2n) is 10.3. The van der Waals surface area contributed by atoms with Gasteiger partial charge in [-0.2, -0.15) is 5.26 Å². The van der Waals surface area contributed by atoms with E-state index in [0.717, 1.165) is 33.8 Å². The van der Waals surface area contributed by atoms with Gasteiger partial charge in [0.2, 0.25) is 0 Å². The monoisotopic (exact) mass is 573 g/mol. The standard InChI is InChI=1S/C38H27N3OS/c39-24-26-9-13-28(14-10-26)29-15-19-31(20-16-29)41(32-21-22-38-34(23-32)33-5-1-4-8-37(33)43-38)30-17-11-27(12-18-30)25-42-36-7-3-2-6-35(36)40/h1-23H,25,40H2. The van der Waals surface area contributed by atoms with Crippen LogP contribution in [0.1, 0.15) is 11.1 Å². The highest BCUT2D eigenvalue weighted by Crippen LogP contribution is 2.41. The van der Waals surface area contributed by atoms with E-state index in [0.29, 0.717) is 23.6 Å². The van der Waals surface area contributed by atoms with Crippen molar-refractivity contribution in [2.45, 2.75) is 6.61 Å². The van der Waals surface area contributed by atoms with Crippen molar-refractivity contribution in [2.75, 3.05) is 10.6 Å². The summed E-state index contributed by atoms with van der Waals surface area (Å²) in [6.45, 7) is 0.431. The van der Waals surface area contributed by atoms with E-state index in [4.69, 9.17) is 15.7 Å². The molecule has 0 bridgehead atoms. The number of nitrogen functional groups attached to an aromatic ring is 1. The van der Waals surface area contributed by atoms with Crippen molar-refractivity contribution in [2.24, 2.45) is 0 Å². The van der Waals surface area contributed by atoms with Gasteiger partial charge in [-0.3, -0.25) is 0 Å². The van der Waals surface area contributed by atoms with Crippen LogP contribution < -0.4 is 15.4 Å². The summed E-state index contributed by atoms with van der Waals surface area (Å²) < 4.78 is 8.55. The topological polar surface area (TPSA) is 62.3 Å². The van der Waals surface area contributed by atoms with Gasteiger partial charge in [-0.1, -0.05) is 66.7 Å². The zero-order chi connectivity index (χ0) is 29.2. The third-order valence-electron chi connectivity index (χ3n) is 7.60. The van der Waals surface area contributed by atoms with E-state index in [-0.39, 0.29) is 0 Å². The molecule has 0 aliphatic heterocycles. The molecule has 0 aliphatic carbocycles. The van der Waals surface area contributed by atoms with Crippen molar-refractivity contribution in [3.63, 3.8) is 0 Å². The Morgan fingerprint density at radius 1 is 0.628 bits per heavy atom. The number of nitrogens with two attached hydrogens (primary N) is 1. The molecule has 0 amide bonds. The molecule has 206 valence electrons. The minimum atomic E-state index is 0.431. The molecule has 0 unspecified atom stereocenters. The number of hydrogen-bond donors (Lipinski definition) is 1. The Hall–Kier alpha value is -5.57. The minimum absolute atomic E-state index is 0.431. The number of nitriles is 1. The van der Waals surface area contributed by atoms with Gasteiger partial charge in [0.25, 0.3) is 0 Å². The maximum absolute atomic E-state index is 9.17. The molecule has 7 aromatic rings. The van der Waals surface area contributed by atoms with Crippen LogP contribution in [0.4, 0.5) is 22.7 Å². The van der Waals surface area contributed by atoms with Gasteiger partial charge in [0.15, 0.2) is 0 Å². The summed E-state index contributed by atoms with van der Waals surface area (Å²) in [7, 11) is 0. The molecule has 5 heteroatoms. The first-order valence-corrected chi connectivity index (χ1v) is 14.9. The van der Waals surface area contributed by atoms with Crippen LogP contribution in [0.2, 0.25) is 0 Å². The summed E-state index contributed by atoms with van der Waals surface area (Å²) in [6, 6.07) is 49.8. The van der Waals surface area contributed by atoms with Gasteiger partial charge in [-0.05, 0) is 89.5 Å². The summed E-state index contributed by atoms with van der Waals surface area (Å²) in [4.78, 5) is 2.29. The molecule has 0 spiro atoms. The number of para-hydroxylation sites is 2. The lowest BCUT2D eigenvalue weighted by atomic mass is 10.0. The third kappa shape index (κ3) is 5.28. The summed E-state index contributed by atoms with van der Waals surface area (Å²) in [6.07, 6.45) is 0. The van der Waals surface area contributed by atoms with Gasteiger partial charge >= 0.3 is 0 Å². The Kier molecular flexibility index (Phi) is 6.96. The fraction of sp³-hybridized carbons (Fsp3) is 0.0263. The Morgan fingerprint density at radius 2 is 1.23 bits per heavy atom. The first-order chi connectivity index (χ1) is 21.2. The van der Waals surface area contributed by atoms with Crippen LogP contribution in [0, 0.1) is 11.3 Å². The number of fused-ring (bicyclic) bond motifs is 3. The highest BCUT2D eigenvalue weighted by molar-refractivity contribution is 7.25. The molecule has 1 aromatic heterocycles. The number of anilines is 4. The lowest BCUT2D eigenvalue weighted by Gasteiger charge is -2.26. The Balaban J connectivity index is 1.25. The number of nitrogens with zero attached hydrogens (tertiary/aromatic N) is 2. The number of ether oxygens (including phenoxy) is 1. The average molecular weight is 574 g/mol. The molecule has 0 atom stereocenters. The maximum atomic E-state index is 9.17. The second-order valence-corrected chi connectivity index (χ2v) is 11.4. The smallest absolute Gasteiger partial charge is 0.142 e. The minimum Gasteiger partial charge on any atom is -0.487 e. The molecule has 0 aliphatic rings. The molecule has 43 heavy (non-hydrogen) atoms. The summed E-state index contributed by atoms with van der Waals surface area (Å²) in [5.74, 6) is 0.687. The molecule has 0 radical (unpaired) electrons. The Bertz CT molecular complexity index is 2090. The van der Waals surface area contributed by atoms with Crippen molar-refractivity contribution in [1.82, 2.24) is 0 Å². The molecule has 6 aromatic carbocycles. The van der Waals surface area contributed by atoms with Crippen LogP contribution in [-0.2, 0) is 6.61 Å². The van der Waals surface area contributed by atoms with Crippen LogP contribution in [-0.4, -0.2) is 0 Å². The van der Waals surface area contributed by atoms with Crippen molar-refractivity contribution < 1.29 is 4.74 Å². The van der Waals surface area contributed by atoms with Gasteiger partial charge in [-0.25, -0.2) is 0 Å². The number of rotatable bonds is 7.